The van der Waals surface area contributed by atoms with Gasteiger partial charge in [0, 0.05) is 63.0 Å². The first kappa shape index (κ1) is 40.6. The van der Waals surface area contributed by atoms with Crippen molar-refractivity contribution < 1.29 is 40.0 Å². The molecule has 0 aliphatic carbocycles. The van der Waals surface area contributed by atoms with Crippen LogP contribution in [0.2, 0.25) is 0 Å². The molecule has 0 fully saturated rings. The first-order valence-corrected chi connectivity index (χ1v) is 17.0. The Hall–Kier alpha value is -7.12. The molecule has 4 amide bonds. The second kappa shape index (κ2) is 18.6. The van der Waals surface area contributed by atoms with Crippen LogP contribution < -0.4 is 32.9 Å². The van der Waals surface area contributed by atoms with E-state index in [1.54, 1.807) is 6.92 Å². The average molecular weight is 765 g/mol. The van der Waals surface area contributed by atoms with Crippen LogP contribution in [0.3, 0.4) is 0 Å². The van der Waals surface area contributed by atoms with Gasteiger partial charge in [0.2, 0.25) is 0 Å². The Bertz CT molecular complexity index is 2280. The molecule has 0 aliphatic rings. The van der Waals surface area contributed by atoms with Gasteiger partial charge >= 0.3 is 0 Å². The van der Waals surface area contributed by atoms with Crippen molar-refractivity contribution in [2.75, 3.05) is 32.7 Å². The first-order valence-electron chi connectivity index (χ1n) is 17.0. The lowest BCUT2D eigenvalue weighted by Gasteiger charge is -2.31. The molecule has 20 heteroatoms. The highest BCUT2D eigenvalue weighted by molar-refractivity contribution is 5.94. The molecule has 0 saturated heterocycles. The molecule has 1 atom stereocenters. The molecule has 0 saturated carbocycles. The number of rotatable bonds is 17. The van der Waals surface area contributed by atoms with Gasteiger partial charge in [-0.3, -0.25) is 38.4 Å². The lowest BCUT2D eigenvalue weighted by atomic mass is 10.1. The minimum atomic E-state index is -0.841. The van der Waals surface area contributed by atoms with Crippen molar-refractivity contribution in [1.29, 1.82) is 0 Å². The fraction of sp³-hybridized carbons (Fsp3) is 0.314. The van der Waals surface area contributed by atoms with Gasteiger partial charge in [-0.1, -0.05) is 24.3 Å². The van der Waals surface area contributed by atoms with Crippen LogP contribution >= 0.6 is 0 Å². The zero-order chi connectivity index (χ0) is 40.2. The molecule has 292 valence electrons. The standard InChI is InChI=1S/C35H40N8O12/c1-23(39(35(51)27-13-5-17-31(47)43(27)55)22-8-19-37-33(49)25-11-3-15-29(45)41(25)53)9-6-20-38(34(50)26-12-4-16-30(46)42(26)54)21-7-18-36-32(48)24-10-2-14-28(44)40(24)52/h2-5,10-17,23,52-55H,6-9,18-22H2,1H3,(H,36,48)(H,37,49). The fourth-order valence-corrected chi connectivity index (χ4v) is 5.58. The minimum Gasteiger partial charge on any atom is -0.425 e. The molecule has 6 N–H and O–H groups in total. The number of hydrogen-bond donors (Lipinski definition) is 6. The number of carbonyl (C=O) groups excluding carboxylic acids is 4. The van der Waals surface area contributed by atoms with Gasteiger partial charge in [0.25, 0.3) is 45.9 Å². The number of carbonyl (C=O) groups is 4. The van der Waals surface area contributed by atoms with E-state index in [4.69, 9.17) is 0 Å². The largest absolute Gasteiger partial charge is 0.425 e. The maximum atomic E-state index is 13.7. The van der Waals surface area contributed by atoms with Crippen molar-refractivity contribution in [1.82, 2.24) is 39.4 Å². The zero-order valence-electron chi connectivity index (χ0n) is 29.6. The maximum Gasteiger partial charge on any atom is 0.283 e. The quantitative estimate of drug-likeness (QED) is 0.0597. The fourth-order valence-electron chi connectivity index (χ4n) is 5.58. The number of aromatic nitrogens is 4. The van der Waals surface area contributed by atoms with Gasteiger partial charge < -0.3 is 41.3 Å². The Kier molecular flexibility index (Phi) is 13.7. The topological polar surface area (TPSA) is 268 Å². The minimum absolute atomic E-state index is 0.00147. The molecule has 55 heavy (non-hydrogen) atoms. The van der Waals surface area contributed by atoms with Crippen LogP contribution in [0.1, 0.15) is 74.6 Å². The zero-order valence-corrected chi connectivity index (χ0v) is 29.6. The third-order valence-corrected chi connectivity index (χ3v) is 8.50. The smallest absolute Gasteiger partial charge is 0.283 e. The summed E-state index contributed by atoms with van der Waals surface area (Å²) in [6, 6.07) is 13.9. The molecular formula is C35H40N8O12. The summed E-state index contributed by atoms with van der Waals surface area (Å²) in [7, 11) is 0. The van der Waals surface area contributed by atoms with Crippen molar-refractivity contribution in [3.63, 3.8) is 0 Å². The highest BCUT2D eigenvalue weighted by Crippen LogP contribution is 2.14. The van der Waals surface area contributed by atoms with Gasteiger partial charge in [-0.2, -0.15) is 0 Å². The van der Waals surface area contributed by atoms with Crippen LogP contribution in [0.4, 0.5) is 0 Å². The van der Waals surface area contributed by atoms with Crippen LogP contribution in [0.15, 0.2) is 92.0 Å². The lowest BCUT2D eigenvalue weighted by molar-refractivity contribution is 0.0600. The third-order valence-electron chi connectivity index (χ3n) is 8.50. The number of nitrogens with one attached hydrogen (secondary N) is 2. The molecule has 0 radical (unpaired) electrons. The molecule has 4 aromatic heterocycles. The Balaban J connectivity index is 1.45. The van der Waals surface area contributed by atoms with E-state index >= 15 is 0 Å². The second-order valence-corrected chi connectivity index (χ2v) is 12.2. The predicted molar refractivity (Wildman–Crippen MR) is 191 cm³/mol. The molecule has 4 aromatic rings. The Labute approximate surface area is 311 Å². The molecule has 0 aliphatic heterocycles. The van der Waals surface area contributed by atoms with Gasteiger partial charge in [0.05, 0.1) is 0 Å². The van der Waals surface area contributed by atoms with Crippen LogP contribution in [0, 0.1) is 0 Å². The van der Waals surface area contributed by atoms with E-state index in [1.165, 1.54) is 58.3 Å². The van der Waals surface area contributed by atoms with Crippen molar-refractivity contribution in [3.05, 3.63) is 137 Å². The van der Waals surface area contributed by atoms with E-state index in [0.717, 1.165) is 24.3 Å². The summed E-state index contributed by atoms with van der Waals surface area (Å²) in [6.07, 6.45) is 0.850. The number of hydrogen-bond acceptors (Lipinski definition) is 12. The molecule has 0 aromatic carbocycles. The third kappa shape index (κ3) is 10.1. The Morgan fingerprint density at radius 2 is 0.909 bits per heavy atom. The molecule has 0 spiro atoms. The van der Waals surface area contributed by atoms with Crippen molar-refractivity contribution >= 4 is 23.6 Å². The Morgan fingerprint density at radius 3 is 1.36 bits per heavy atom. The van der Waals surface area contributed by atoms with E-state index < -0.39 is 51.9 Å². The van der Waals surface area contributed by atoms with Crippen molar-refractivity contribution in [2.45, 2.75) is 38.6 Å². The number of nitrogens with zero attached hydrogens (tertiary/aromatic N) is 6. The van der Waals surface area contributed by atoms with Gasteiger partial charge in [-0.25, -0.2) is 0 Å². The maximum absolute atomic E-state index is 13.7. The SMILES string of the molecule is CC(CCCN(CCCNC(=O)c1cccc(=O)n1O)C(=O)c1cccc(=O)n1O)N(CCCNC(=O)c1cccc(=O)n1O)C(=O)c1cccc(=O)n1O. The van der Waals surface area contributed by atoms with Crippen LogP contribution in [-0.4, -0.2) is 112 Å². The molecule has 4 rings (SSSR count). The Morgan fingerprint density at radius 1 is 0.545 bits per heavy atom. The monoisotopic (exact) mass is 764 g/mol. The summed E-state index contributed by atoms with van der Waals surface area (Å²) in [5, 5.41) is 45.4. The van der Waals surface area contributed by atoms with Gasteiger partial charge in [-0.05, 0) is 56.9 Å². The van der Waals surface area contributed by atoms with E-state index in [9.17, 15) is 59.2 Å². The molecule has 1 unspecified atom stereocenters. The highest BCUT2D eigenvalue weighted by Gasteiger charge is 2.26. The van der Waals surface area contributed by atoms with E-state index in [-0.39, 0.29) is 100 Å². The van der Waals surface area contributed by atoms with Gasteiger partial charge in [0.1, 0.15) is 22.8 Å². The first-order chi connectivity index (χ1) is 26.2. The predicted octanol–water partition coefficient (Wildman–Crippen LogP) is -0.324. The molecule has 20 nitrogen and oxygen atoms in total. The molecular weight excluding hydrogens is 724 g/mol. The summed E-state index contributed by atoms with van der Waals surface area (Å²) in [5.41, 5.74) is -4.54. The molecule has 4 heterocycles. The molecule has 0 bridgehead atoms. The lowest BCUT2D eigenvalue weighted by Crippen LogP contribution is -2.43. The van der Waals surface area contributed by atoms with E-state index in [2.05, 4.69) is 10.6 Å². The van der Waals surface area contributed by atoms with Gasteiger partial charge in [-0.15, -0.1) is 18.9 Å². The summed E-state index contributed by atoms with van der Waals surface area (Å²) >= 11 is 0. The van der Waals surface area contributed by atoms with Crippen LogP contribution in [-0.2, 0) is 0 Å². The summed E-state index contributed by atoms with van der Waals surface area (Å²) < 4.78 is 0.819. The van der Waals surface area contributed by atoms with Crippen molar-refractivity contribution in [3.8, 4) is 0 Å². The van der Waals surface area contributed by atoms with Crippen LogP contribution in [0.5, 0.6) is 0 Å². The second-order valence-electron chi connectivity index (χ2n) is 12.2. The van der Waals surface area contributed by atoms with E-state index in [0.29, 0.717) is 0 Å². The normalized spacial score (nSPS) is 11.4. The van der Waals surface area contributed by atoms with Crippen LogP contribution in [0.25, 0.3) is 0 Å². The average Bonchev–Trinajstić information content (AvgIpc) is 3.16. The summed E-state index contributed by atoms with van der Waals surface area (Å²) in [6.45, 7) is 1.77. The highest BCUT2D eigenvalue weighted by atomic mass is 16.5. The summed E-state index contributed by atoms with van der Waals surface area (Å²) in [5.74, 6) is -2.92. The summed E-state index contributed by atoms with van der Waals surface area (Å²) in [4.78, 5) is 103. The number of amides is 4. The number of pyridine rings is 4. The van der Waals surface area contributed by atoms with Gasteiger partial charge in [0.15, 0.2) is 0 Å². The van der Waals surface area contributed by atoms with E-state index in [1.807, 2.05) is 0 Å². The van der Waals surface area contributed by atoms with Crippen molar-refractivity contribution in [2.24, 2.45) is 0 Å².